The van der Waals surface area contributed by atoms with Gasteiger partial charge < -0.3 is 0 Å². The minimum absolute atomic E-state index is 1.18. The summed E-state index contributed by atoms with van der Waals surface area (Å²) in [5.41, 5.74) is 0. The van der Waals surface area contributed by atoms with Gasteiger partial charge in [-0.2, -0.15) is 0 Å². The van der Waals surface area contributed by atoms with Crippen LogP contribution in [0.5, 0.6) is 0 Å². The first kappa shape index (κ1) is 34.2. The molecule has 1 aromatic heterocycles. The van der Waals surface area contributed by atoms with Gasteiger partial charge in [0.05, 0.1) is 0 Å². The van der Waals surface area contributed by atoms with Crippen molar-refractivity contribution in [3.05, 3.63) is 30.6 Å². The Labute approximate surface area is 210 Å². The van der Waals surface area contributed by atoms with Crippen molar-refractivity contribution < 1.29 is 29.7 Å². The molecule has 210 valence electrons. The first-order valence-corrected chi connectivity index (χ1v) is 15.9. The Morgan fingerprint density at radius 3 is 0.971 bits per heavy atom. The van der Waals surface area contributed by atoms with Crippen LogP contribution in [0.1, 0.15) is 135 Å². The Hall–Kier alpha value is -0.840. The van der Waals surface area contributed by atoms with Crippen LogP contribution < -0.4 is 4.57 Å². The molecule has 0 spiro atoms. The number of unbranched alkanes of at least 4 members (excludes halogenated alkanes) is 19. The van der Waals surface area contributed by atoms with E-state index in [1.165, 1.54) is 135 Å². The Kier molecular flexibility index (Phi) is 18.0. The molecule has 8 heteroatoms. The fourth-order valence-corrected chi connectivity index (χ4v) is 4.13. The topological polar surface area (TPSA) is 3.88 Å². The first-order chi connectivity index (χ1) is 16.4. The van der Waals surface area contributed by atoms with E-state index in [1.54, 1.807) is 0 Å². The van der Waals surface area contributed by atoms with E-state index < -0.39 is 7.81 Å². The van der Waals surface area contributed by atoms with Crippen molar-refractivity contribution in [2.75, 3.05) is 0 Å². The predicted octanol–water partition coefficient (Wildman–Crippen LogP) is 12.2. The summed E-state index contributed by atoms with van der Waals surface area (Å²) in [6.07, 6.45) is 33.4. The molecule has 0 aromatic carbocycles. The number of aromatic nitrogens is 1. The maximum atomic E-state index is 9.87. The SMILES string of the molecule is CCCCCCCCCCCCCCCCCCCCCC[n+]1ccccc1.F[P-](F)(F)(F)(F)F. The zero-order chi connectivity index (χ0) is 26.4. The average Bonchev–Trinajstić information content (AvgIpc) is 2.76. The van der Waals surface area contributed by atoms with Gasteiger partial charge in [0.2, 0.25) is 0 Å². The molecule has 1 aromatic rings. The average molecular weight is 534 g/mol. The van der Waals surface area contributed by atoms with Crippen molar-refractivity contribution in [2.24, 2.45) is 0 Å². The quantitative estimate of drug-likeness (QED) is 0.0640. The molecular weight excluding hydrogens is 483 g/mol. The molecule has 0 aliphatic carbocycles. The molecule has 1 rings (SSSR count). The van der Waals surface area contributed by atoms with Crippen LogP contribution in [-0.2, 0) is 6.54 Å². The van der Waals surface area contributed by atoms with Crippen molar-refractivity contribution in [3.63, 3.8) is 0 Å². The molecule has 0 unspecified atom stereocenters. The zero-order valence-electron chi connectivity index (χ0n) is 21.9. The van der Waals surface area contributed by atoms with E-state index in [4.69, 9.17) is 0 Å². The van der Waals surface area contributed by atoms with Gasteiger partial charge in [0.25, 0.3) is 0 Å². The van der Waals surface area contributed by atoms with E-state index in [-0.39, 0.29) is 0 Å². The van der Waals surface area contributed by atoms with Gasteiger partial charge in [0.1, 0.15) is 6.54 Å². The second-order valence-corrected chi connectivity index (χ2v) is 11.7. The predicted molar refractivity (Wildman–Crippen MR) is 138 cm³/mol. The molecule has 1 nitrogen and oxygen atoms in total. The summed E-state index contributed by atoms with van der Waals surface area (Å²) in [4.78, 5) is 0. The summed E-state index contributed by atoms with van der Waals surface area (Å²) in [7, 11) is -10.7. The monoisotopic (exact) mass is 533 g/mol. The van der Waals surface area contributed by atoms with E-state index in [2.05, 4.69) is 42.1 Å². The Morgan fingerprint density at radius 2 is 0.686 bits per heavy atom. The zero-order valence-corrected chi connectivity index (χ0v) is 22.8. The van der Waals surface area contributed by atoms with Crippen molar-refractivity contribution in [1.29, 1.82) is 0 Å². The fraction of sp³-hybridized carbons (Fsp3) is 0.815. The molecule has 0 atom stereocenters. The van der Waals surface area contributed by atoms with Gasteiger partial charge in [0.15, 0.2) is 12.4 Å². The number of rotatable bonds is 21. The van der Waals surface area contributed by atoms with Crippen LogP contribution in [0, 0.1) is 0 Å². The summed E-state index contributed by atoms with van der Waals surface area (Å²) in [5.74, 6) is 0. The third-order valence-corrected chi connectivity index (χ3v) is 6.05. The summed E-state index contributed by atoms with van der Waals surface area (Å²) in [5, 5.41) is 0. The van der Waals surface area contributed by atoms with Gasteiger partial charge in [-0.05, 0) is 6.42 Å². The van der Waals surface area contributed by atoms with Crippen LogP contribution in [0.25, 0.3) is 0 Å². The number of aryl methyl sites for hydroxylation is 1. The number of pyridine rings is 1. The summed E-state index contributed by atoms with van der Waals surface area (Å²) < 4.78 is 61.5. The minimum atomic E-state index is -10.7. The van der Waals surface area contributed by atoms with Gasteiger partial charge in [-0.3, -0.25) is 0 Å². The van der Waals surface area contributed by atoms with E-state index in [1.807, 2.05) is 0 Å². The maximum absolute atomic E-state index is 10.7. The van der Waals surface area contributed by atoms with Gasteiger partial charge in [-0.25, -0.2) is 4.57 Å². The van der Waals surface area contributed by atoms with Crippen LogP contribution in [-0.4, -0.2) is 0 Å². The van der Waals surface area contributed by atoms with E-state index in [9.17, 15) is 25.2 Å². The van der Waals surface area contributed by atoms with Gasteiger partial charge in [0, 0.05) is 18.6 Å². The van der Waals surface area contributed by atoms with Crippen molar-refractivity contribution in [2.45, 2.75) is 142 Å². The molecule has 0 saturated heterocycles. The Bertz CT molecular complexity index is 581. The third kappa shape index (κ3) is 37.9. The van der Waals surface area contributed by atoms with Gasteiger partial charge >= 0.3 is 33.0 Å². The van der Waals surface area contributed by atoms with Crippen LogP contribution >= 0.6 is 7.81 Å². The molecule has 0 aliphatic heterocycles. The van der Waals surface area contributed by atoms with Crippen LogP contribution in [0.4, 0.5) is 25.2 Å². The molecule has 1 heterocycles. The third-order valence-electron chi connectivity index (χ3n) is 6.05. The molecular formula is C27H50F6NP. The van der Waals surface area contributed by atoms with E-state index in [0.29, 0.717) is 0 Å². The molecule has 0 amide bonds. The van der Waals surface area contributed by atoms with Crippen LogP contribution in [0.3, 0.4) is 0 Å². The van der Waals surface area contributed by atoms with Crippen molar-refractivity contribution in [3.8, 4) is 0 Å². The van der Waals surface area contributed by atoms with Gasteiger partial charge in [-0.15, -0.1) is 0 Å². The van der Waals surface area contributed by atoms with Gasteiger partial charge in [-0.1, -0.05) is 129 Å². The molecule has 0 aliphatic rings. The molecule has 35 heavy (non-hydrogen) atoms. The molecule has 0 bridgehead atoms. The van der Waals surface area contributed by atoms with E-state index >= 15 is 0 Å². The second-order valence-electron chi connectivity index (χ2n) is 9.79. The Morgan fingerprint density at radius 1 is 0.429 bits per heavy atom. The number of hydrogen-bond acceptors (Lipinski definition) is 0. The van der Waals surface area contributed by atoms with Crippen LogP contribution in [0.15, 0.2) is 30.6 Å². The first-order valence-electron chi connectivity index (χ1n) is 13.9. The van der Waals surface area contributed by atoms with Crippen molar-refractivity contribution in [1.82, 2.24) is 0 Å². The molecule has 0 radical (unpaired) electrons. The summed E-state index contributed by atoms with van der Waals surface area (Å²) >= 11 is 0. The second kappa shape index (κ2) is 18.4. The number of nitrogens with zero attached hydrogens (tertiary/aromatic N) is 1. The molecule has 0 saturated carbocycles. The fourth-order valence-electron chi connectivity index (χ4n) is 4.13. The number of hydrogen-bond donors (Lipinski definition) is 0. The molecule has 0 N–H and O–H groups in total. The van der Waals surface area contributed by atoms with Crippen LogP contribution in [0.2, 0.25) is 0 Å². The number of halogens is 6. The molecule has 0 fully saturated rings. The van der Waals surface area contributed by atoms with Crippen molar-refractivity contribution >= 4 is 7.81 Å². The Balaban J connectivity index is 0.00000143. The summed E-state index contributed by atoms with van der Waals surface area (Å²) in [6.45, 7) is 3.48. The summed E-state index contributed by atoms with van der Waals surface area (Å²) in [6, 6.07) is 6.33. The standard InChI is InChI=1S/C27H50N.F6P/c1-2-3-4-5-6-7-8-9-10-11-12-13-14-15-16-17-18-19-20-22-25-28-26-23-21-24-27-28;1-7(2,3,4,5)6/h21,23-24,26-27H,2-20,22,25H2,1H3;/q+1;-1. The van der Waals surface area contributed by atoms with E-state index in [0.717, 1.165) is 0 Å². The normalized spacial score (nSPS) is 13.6.